The van der Waals surface area contributed by atoms with Gasteiger partial charge in [0.1, 0.15) is 0 Å². The summed E-state index contributed by atoms with van der Waals surface area (Å²) in [4.78, 5) is 0. The Bertz CT molecular complexity index is 2290. The Kier molecular flexibility index (Phi) is 5.26. The summed E-state index contributed by atoms with van der Waals surface area (Å²) in [5.41, 5.74) is 6.12. The lowest BCUT2D eigenvalue weighted by molar-refractivity contribution is 1.19. The van der Waals surface area contributed by atoms with E-state index in [2.05, 4.69) is 156 Å². The van der Waals surface area contributed by atoms with Gasteiger partial charge >= 0.3 is 0 Å². The molecule has 0 spiro atoms. The van der Waals surface area contributed by atoms with Crippen LogP contribution in [0.5, 0.6) is 0 Å². The van der Waals surface area contributed by atoms with Gasteiger partial charge in [-0.3, -0.25) is 0 Å². The molecule has 0 unspecified atom stereocenters. The van der Waals surface area contributed by atoms with Crippen LogP contribution in [0.3, 0.4) is 0 Å². The number of thiophene rings is 1. The first kappa shape index (κ1) is 23.1. The molecule has 190 valence electrons. The second-order valence-corrected chi connectivity index (χ2v) is 11.2. The highest BCUT2D eigenvalue weighted by molar-refractivity contribution is 7.17. The number of aromatic nitrogens is 2. The average Bonchev–Trinajstić information content (AvgIpc) is 3.64. The molecular formula is C37H26N2S. The van der Waals surface area contributed by atoms with Crippen molar-refractivity contribution in [1.29, 1.82) is 0 Å². The zero-order valence-electron chi connectivity index (χ0n) is 22.1. The molecule has 8 aromatic rings. The molecule has 3 heteroatoms. The first-order chi connectivity index (χ1) is 19.8. The van der Waals surface area contributed by atoms with Crippen LogP contribution in [0.1, 0.15) is 6.92 Å². The van der Waals surface area contributed by atoms with Gasteiger partial charge in [0, 0.05) is 48.1 Å². The number of nitrogens with zero attached hydrogens (tertiary/aromatic N) is 2. The van der Waals surface area contributed by atoms with Crippen molar-refractivity contribution in [2.45, 2.75) is 6.92 Å². The van der Waals surface area contributed by atoms with Crippen LogP contribution in [0, 0.1) is 0 Å². The van der Waals surface area contributed by atoms with E-state index in [1.807, 2.05) is 11.3 Å². The summed E-state index contributed by atoms with van der Waals surface area (Å²) >= 11 is 1.85. The van der Waals surface area contributed by atoms with Crippen molar-refractivity contribution in [2.24, 2.45) is 0 Å². The van der Waals surface area contributed by atoms with Crippen LogP contribution in [0.15, 0.2) is 121 Å². The number of hydrogen-bond acceptors (Lipinski definition) is 1. The van der Waals surface area contributed by atoms with Crippen LogP contribution < -0.4 is 9.75 Å². The molecule has 0 aliphatic heterocycles. The van der Waals surface area contributed by atoms with Gasteiger partial charge in [-0.25, -0.2) is 0 Å². The van der Waals surface area contributed by atoms with Gasteiger partial charge in [0.25, 0.3) is 0 Å². The molecule has 0 amide bonds. The van der Waals surface area contributed by atoms with Crippen molar-refractivity contribution in [3.05, 3.63) is 131 Å². The standard InChI is InChI=1S/C37H26N2S/c1-2-26-31-24-25(39-34-18-9-5-14-29(34)30-15-6-10-19-35(30)39)21-22-37(31)40-36(26)20-11-23-38-32-16-7-3-12-27(32)28-13-4-8-17-33(28)38/h2-24H,1H3/b23-11+,26-2-,36-20+. The maximum absolute atomic E-state index is 2.40. The Morgan fingerprint density at radius 3 is 1.68 bits per heavy atom. The zero-order valence-corrected chi connectivity index (χ0v) is 22.9. The largest absolute Gasteiger partial charge is 0.316 e. The van der Waals surface area contributed by atoms with Gasteiger partial charge in [-0.2, -0.15) is 0 Å². The first-order valence-corrected chi connectivity index (χ1v) is 14.5. The molecular weight excluding hydrogens is 504 g/mol. The van der Waals surface area contributed by atoms with Crippen LogP contribution in [0.2, 0.25) is 0 Å². The highest BCUT2D eigenvalue weighted by Gasteiger charge is 2.12. The van der Waals surface area contributed by atoms with E-state index in [4.69, 9.17) is 0 Å². The van der Waals surface area contributed by atoms with Crippen molar-refractivity contribution in [1.82, 2.24) is 9.13 Å². The number of allylic oxidation sites excluding steroid dienone is 1. The lowest BCUT2D eigenvalue weighted by Gasteiger charge is -2.08. The Morgan fingerprint density at radius 1 is 0.575 bits per heavy atom. The summed E-state index contributed by atoms with van der Waals surface area (Å²) in [5.74, 6) is 0. The molecule has 0 fully saturated rings. The molecule has 0 bridgehead atoms. The van der Waals surface area contributed by atoms with Crippen molar-refractivity contribution >= 4 is 83.4 Å². The molecule has 2 nitrogen and oxygen atoms in total. The summed E-state index contributed by atoms with van der Waals surface area (Å²) in [6.07, 6.45) is 8.88. The maximum atomic E-state index is 2.40. The molecule has 0 N–H and O–H groups in total. The van der Waals surface area contributed by atoms with Gasteiger partial charge in [-0.1, -0.05) is 78.9 Å². The zero-order chi connectivity index (χ0) is 26.6. The first-order valence-electron chi connectivity index (χ1n) is 13.7. The predicted octanol–water partition coefficient (Wildman–Crippen LogP) is 8.86. The smallest absolute Gasteiger partial charge is 0.0541 e. The number of para-hydroxylation sites is 4. The molecule has 0 saturated heterocycles. The molecule has 3 aromatic heterocycles. The van der Waals surface area contributed by atoms with Gasteiger partial charge in [0.2, 0.25) is 0 Å². The second kappa shape index (κ2) is 9.11. The fourth-order valence-corrected chi connectivity index (χ4v) is 7.35. The maximum Gasteiger partial charge on any atom is 0.0541 e. The van der Waals surface area contributed by atoms with E-state index in [0.29, 0.717) is 0 Å². The minimum atomic E-state index is 1.19. The Balaban J connectivity index is 1.29. The summed E-state index contributed by atoms with van der Waals surface area (Å²) in [6, 6.07) is 41.5. The third kappa shape index (κ3) is 3.41. The fraction of sp³-hybridized carbons (Fsp3) is 0.0270. The molecule has 0 atom stereocenters. The minimum absolute atomic E-state index is 1.19. The van der Waals surface area contributed by atoms with E-state index in [1.165, 1.54) is 69.1 Å². The third-order valence-electron chi connectivity index (χ3n) is 7.97. The normalized spacial score (nSPS) is 13.3. The summed E-state index contributed by atoms with van der Waals surface area (Å²) in [7, 11) is 0. The number of fused-ring (bicyclic) bond motifs is 7. The number of hydrogen-bond donors (Lipinski definition) is 0. The van der Waals surface area contributed by atoms with E-state index in [-0.39, 0.29) is 0 Å². The molecule has 0 radical (unpaired) electrons. The van der Waals surface area contributed by atoms with Crippen LogP contribution >= 0.6 is 11.3 Å². The van der Waals surface area contributed by atoms with Crippen molar-refractivity contribution in [2.75, 3.05) is 0 Å². The van der Waals surface area contributed by atoms with Gasteiger partial charge in [0.15, 0.2) is 0 Å². The highest BCUT2D eigenvalue weighted by Crippen LogP contribution is 2.33. The predicted molar refractivity (Wildman–Crippen MR) is 175 cm³/mol. The Morgan fingerprint density at radius 2 is 1.10 bits per heavy atom. The monoisotopic (exact) mass is 530 g/mol. The number of rotatable bonds is 3. The SMILES string of the molecule is C\C=c1/c(=C\C=C\n2c3ccccc3c3ccccc32)sc2ccc(-n3c4ccccc4c4ccccc43)cc12. The van der Waals surface area contributed by atoms with Crippen LogP contribution in [-0.4, -0.2) is 9.13 Å². The van der Waals surface area contributed by atoms with E-state index in [0.717, 1.165) is 0 Å². The molecule has 5 aromatic carbocycles. The molecule has 40 heavy (non-hydrogen) atoms. The summed E-state index contributed by atoms with van der Waals surface area (Å²) in [5, 5.41) is 7.72. The second-order valence-electron chi connectivity index (χ2n) is 10.1. The Hall–Kier alpha value is -4.86. The molecule has 8 rings (SSSR count). The lowest BCUT2D eigenvalue weighted by atomic mass is 10.2. The van der Waals surface area contributed by atoms with E-state index in [9.17, 15) is 0 Å². The molecule has 3 heterocycles. The van der Waals surface area contributed by atoms with Gasteiger partial charge in [-0.05, 0) is 66.8 Å². The van der Waals surface area contributed by atoms with Gasteiger partial charge in [0.05, 0.1) is 22.1 Å². The van der Waals surface area contributed by atoms with Crippen LogP contribution in [0.25, 0.3) is 77.7 Å². The molecule has 0 saturated carbocycles. The third-order valence-corrected chi connectivity index (χ3v) is 9.12. The molecule has 0 aliphatic rings. The summed E-state index contributed by atoms with van der Waals surface area (Å²) < 4.78 is 7.26. The van der Waals surface area contributed by atoms with Crippen molar-refractivity contribution in [3.63, 3.8) is 0 Å². The van der Waals surface area contributed by atoms with Crippen molar-refractivity contribution in [3.8, 4) is 5.69 Å². The topological polar surface area (TPSA) is 9.86 Å². The quantitative estimate of drug-likeness (QED) is 0.216. The Labute approximate surface area is 235 Å². The van der Waals surface area contributed by atoms with Gasteiger partial charge < -0.3 is 9.13 Å². The minimum Gasteiger partial charge on any atom is -0.316 e. The highest BCUT2D eigenvalue weighted by atomic mass is 32.1. The van der Waals surface area contributed by atoms with E-state index < -0.39 is 0 Å². The van der Waals surface area contributed by atoms with E-state index in [1.54, 1.807) is 0 Å². The van der Waals surface area contributed by atoms with Crippen molar-refractivity contribution < 1.29 is 0 Å². The average molecular weight is 531 g/mol. The molecule has 0 aliphatic carbocycles. The van der Waals surface area contributed by atoms with Gasteiger partial charge in [-0.15, -0.1) is 11.3 Å². The lowest BCUT2D eigenvalue weighted by Crippen LogP contribution is -2.17. The number of benzene rings is 5. The van der Waals surface area contributed by atoms with Crippen LogP contribution in [0.4, 0.5) is 0 Å². The summed E-state index contributed by atoms with van der Waals surface area (Å²) in [6.45, 7) is 2.14. The van der Waals surface area contributed by atoms with E-state index >= 15 is 0 Å². The van der Waals surface area contributed by atoms with Crippen LogP contribution in [-0.2, 0) is 0 Å². The fourth-order valence-electron chi connectivity index (χ4n) is 6.21.